The minimum atomic E-state index is -1.82. The van der Waals surface area contributed by atoms with E-state index in [1.54, 1.807) is 7.05 Å². The van der Waals surface area contributed by atoms with Crippen LogP contribution < -0.4 is 5.32 Å². The molecule has 0 saturated carbocycles. The topological polar surface area (TPSA) is 110 Å². The van der Waals surface area contributed by atoms with E-state index in [0.717, 1.165) is 38.9 Å². The van der Waals surface area contributed by atoms with Gasteiger partial charge < -0.3 is 20.4 Å². The number of rotatable bonds is 5. The first kappa shape index (κ1) is 24.4. The number of benzene rings is 1. The second kappa shape index (κ2) is 12.0. The van der Waals surface area contributed by atoms with Gasteiger partial charge in [-0.15, -0.1) is 0 Å². The molecule has 1 aromatic carbocycles. The van der Waals surface area contributed by atoms with Gasteiger partial charge in [-0.3, -0.25) is 4.90 Å². The van der Waals surface area contributed by atoms with Crippen LogP contribution in [0.25, 0.3) is 0 Å². The number of hydrogen-bond donors (Lipinski definition) is 3. The van der Waals surface area contributed by atoms with Crippen molar-refractivity contribution < 1.29 is 29.0 Å². The number of nitrogens with zero attached hydrogens (tertiary/aromatic N) is 2. The van der Waals surface area contributed by atoms with Crippen molar-refractivity contribution in [1.29, 1.82) is 0 Å². The third-order valence-electron chi connectivity index (χ3n) is 4.85. The highest BCUT2D eigenvalue weighted by molar-refractivity contribution is 6.27. The zero-order valence-corrected chi connectivity index (χ0v) is 17.1. The van der Waals surface area contributed by atoms with E-state index >= 15 is 0 Å². The van der Waals surface area contributed by atoms with Crippen LogP contribution in [0.2, 0.25) is 0 Å². The van der Waals surface area contributed by atoms with Crippen molar-refractivity contribution in [2.24, 2.45) is 0 Å². The number of nitrogens with one attached hydrogen (secondary N) is 1. The first-order valence-electron chi connectivity index (χ1n) is 9.58. The summed E-state index contributed by atoms with van der Waals surface area (Å²) in [5, 5.41) is 17.5. The number of aliphatic carboxylic acids is 2. The number of amides is 2. The van der Waals surface area contributed by atoms with Gasteiger partial charge in [0.25, 0.3) is 0 Å². The quantitative estimate of drug-likeness (QED) is 0.505. The van der Waals surface area contributed by atoms with Crippen LogP contribution >= 0.6 is 0 Å². The van der Waals surface area contributed by atoms with Crippen LogP contribution in [0.4, 0.5) is 9.18 Å². The van der Waals surface area contributed by atoms with Crippen LogP contribution in [-0.2, 0) is 16.0 Å². The molecule has 1 aromatic rings. The highest BCUT2D eigenvalue weighted by atomic mass is 19.1. The fourth-order valence-electron chi connectivity index (χ4n) is 3.23. The number of piperazine rings is 1. The molecule has 1 fully saturated rings. The Hall–Kier alpha value is -2.68. The van der Waals surface area contributed by atoms with Crippen LogP contribution in [0.1, 0.15) is 32.3 Å². The lowest BCUT2D eigenvalue weighted by atomic mass is 10.1. The van der Waals surface area contributed by atoms with E-state index in [1.165, 1.54) is 17.7 Å². The van der Waals surface area contributed by atoms with Crippen LogP contribution in [0.5, 0.6) is 0 Å². The van der Waals surface area contributed by atoms with Gasteiger partial charge in [-0.1, -0.05) is 12.1 Å². The molecule has 1 heterocycles. The molecule has 1 saturated heterocycles. The smallest absolute Gasteiger partial charge is 0.414 e. The molecule has 0 radical (unpaired) electrons. The first-order valence-corrected chi connectivity index (χ1v) is 9.58. The van der Waals surface area contributed by atoms with Crippen molar-refractivity contribution in [3.63, 3.8) is 0 Å². The molecule has 2 rings (SSSR count). The third-order valence-corrected chi connectivity index (χ3v) is 4.85. The molecule has 162 valence electrons. The molecule has 1 aliphatic heterocycles. The highest BCUT2D eigenvalue weighted by Crippen LogP contribution is 2.16. The Balaban J connectivity index is 0.000000612. The van der Waals surface area contributed by atoms with Crippen LogP contribution in [0, 0.1) is 5.82 Å². The number of unbranched alkanes of at least 4 members (excludes halogenated alkanes) is 1. The number of carboxylic acids is 2. The molecule has 0 bridgehead atoms. The summed E-state index contributed by atoms with van der Waals surface area (Å²) in [6.07, 6.45) is 3.21. The maximum absolute atomic E-state index is 12.9. The van der Waals surface area contributed by atoms with Crippen molar-refractivity contribution in [2.75, 3.05) is 26.7 Å². The van der Waals surface area contributed by atoms with Gasteiger partial charge >= 0.3 is 18.0 Å². The number of hydrogen-bond acceptors (Lipinski definition) is 4. The first-order chi connectivity index (χ1) is 13.6. The summed E-state index contributed by atoms with van der Waals surface area (Å²) >= 11 is 0. The lowest BCUT2D eigenvalue weighted by Crippen LogP contribution is -2.59. The Morgan fingerprint density at radius 1 is 1.03 bits per heavy atom. The molecule has 8 nitrogen and oxygen atoms in total. The van der Waals surface area contributed by atoms with Gasteiger partial charge in [0.1, 0.15) is 5.82 Å². The molecule has 2 atom stereocenters. The number of halogens is 1. The fourth-order valence-corrected chi connectivity index (χ4v) is 3.23. The summed E-state index contributed by atoms with van der Waals surface area (Å²) in [7, 11) is 1.68. The monoisotopic (exact) mass is 411 g/mol. The summed E-state index contributed by atoms with van der Waals surface area (Å²) in [5.41, 5.74) is 1.19. The van der Waals surface area contributed by atoms with Gasteiger partial charge in [0.05, 0.1) is 0 Å². The van der Waals surface area contributed by atoms with Gasteiger partial charge in [0.15, 0.2) is 0 Å². The minimum absolute atomic E-state index is 0.0142. The van der Waals surface area contributed by atoms with Crippen molar-refractivity contribution in [3.8, 4) is 0 Å². The summed E-state index contributed by atoms with van der Waals surface area (Å²) in [4.78, 5) is 34.4. The van der Waals surface area contributed by atoms with Crippen molar-refractivity contribution in [3.05, 3.63) is 35.6 Å². The summed E-state index contributed by atoms with van der Waals surface area (Å²) in [6, 6.07) is 7.41. The predicted molar refractivity (Wildman–Crippen MR) is 106 cm³/mol. The minimum Gasteiger partial charge on any atom is -0.473 e. The second-order valence-electron chi connectivity index (χ2n) is 7.09. The number of carboxylic acid groups (broad SMARTS) is 2. The average molecular weight is 411 g/mol. The van der Waals surface area contributed by atoms with Gasteiger partial charge in [0, 0.05) is 32.2 Å². The Labute approximate surface area is 170 Å². The number of aryl methyl sites for hydroxylation is 1. The average Bonchev–Trinajstić information content (AvgIpc) is 2.68. The fraction of sp³-hybridized carbons (Fsp3) is 0.550. The van der Waals surface area contributed by atoms with E-state index in [4.69, 9.17) is 19.8 Å². The van der Waals surface area contributed by atoms with Crippen LogP contribution in [0.15, 0.2) is 24.3 Å². The predicted octanol–water partition coefficient (Wildman–Crippen LogP) is 2.04. The molecular formula is C20H30FN3O5. The van der Waals surface area contributed by atoms with E-state index in [9.17, 15) is 9.18 Å². The number of carbonyl (C=O) groups excluding carboxylic acids is 1. The van der Waals surface area contributed by atoms with Crippen LogP contribution in [-0.4, -0.2) is 76.7 Å². The molecule has 2 amide bonds. The lowest BCUT2D eigenvalue weighted by molar-refractivity contribution is -0.159. The largest absolute Gasteiger partial charge is 0.473 e. The van der Waals surface area contributed by atoms with E-state index in [1.807, 2.05) is 17.0 Å². The van der Waals surface area contributed by atoms with Gasteiger partial charge in [-0.2, -0.15) is 0 Å². The molecule has 0 spiro atoms. The van der Waals surface area contributed by atoms with E-state index in [2.05, 4.69) is 24.1 Å². The SMILES string of the molecule is CNC(=O)N1C[C@H](C)N(CCCCc2ccc(F)cc2)C[C@H]1C.O=C(O)C(=O)O. The number of urea groups is 1. The molecule has 3 N–H and O–H groups in total. The number of carbonyl (C=O) groups is 3. The summed E-state index contributed by atoms with van der Waals surface area (Å²) < 4.78 is 12.9. The van der Waals surface area contributed by atoms with Crippen molar-refractivity contribution in [2.45, 2.75) is 45.2 Å². The molecular weight excluding hydrogens is 381 g/mol. The normalized spacial score (nSPS) is 19.1. The standard InChI is InChI=1S/C18H28FN3O.C2H2O4/c1-14-13-22(18(23)20-3)15(2)12-21(14)11-5-4-6-16-7-9-17(19)10-8-16;3-1(4)2(5)6/h7-10,14-15H,4-6,11-13H2,1-3H3,(H,20,23);(H,3,4)(H,5,6)/t14-,15+;/m0./s1. The molecule has 0 aliphatic carbocycles. The molecule has 29 heavy (non-hydrogen) atoms. The third kappa shape index (κ3) is 8.47. The van der Waals surface area contributed by atoms with E-state index in [-0.39, 0.29) is 17.9 Å². The maximum Gasteiger partial charge on any atom is 0.414 e. The zero-order valence-electron chi connectivity index (χ0n) is 17.1. The Kier molecular flexibility index (Phi) is 10.1. The van der Waals surface area contributed by atoms with Crippen LogP contribution in [0.3, 0.4) is 0 Å². The molecule has 9 heteroatoms. The van der Waals surface area contributed by atoms with E-state index in [0.29, 0.717) is 6.04 Å². The summed E-state index contributed by atoms with van der Waals surface area (Å²) in [6.45, 7) is 7.03. The zero-order chi connectivity index (χ0) is 22.0. The van der Waals surface area contributed by atoms with Crippen molar-refractivity contribution in [1.82, 2.24) is 15.1 Å². The second-order valence-corrected chi connectivity index (χ2v) is 7.09. The van der Waals surface area contributed by atoms with Gasteiger partial charge in [0.2, 0.25) is 0 Å². The molecule has 1 aliphatic rings. The maximum atomic E-state index is 12.9. The van der Waals surface area contributed by atoms with Crippen molar-refractivity contribution >= 4 is 18.0 Å². The molecule has 0 aromatic heterocycles. The highest BCUT2D eigenvalue weighted by Gasteiger charge is 2.30. The molecule has 0 unspecified atom stereocenters. The van der Waals surface area contributed by atoms with E-state index < -0.39 is 11.9 Å². The Morgan fingerprint density at radius 2 is 1.62 bits per heavy atom. The van der Waals surface area contributed by atoms with Gasteiger partial charge in [-0.05, 0) is 57.4 Å². The Morgan fingerprint density at radius 3 is 2.14 bits per heavy atom. The lowest BCUT2D eigenvalue weighted by Gasteiger charge is -2.44. The summed E-state index contributed by atoms with van der Waals surface area (Å²) in [5.74, 6) is -3.82. The Bertz CT molecular complexity index is 671. The van der Waals surface area contributed by atoms with Gasteiger partial charge in [-0.25, -0.2) is 18.8 Å².